The van der Waals surface area contributed by atoms with Crippen molar-refractivity contribution in [1.29, 1.82) is 0 Å². The van der Waals surface area contributed by atoms with Crippen molar-refractivity contribution in [1.82, 2.24) is 4.57 Å². The van der Waals surface area contributed by atoms with Crippen molar-refractivity contribution in [2.45, 2.75) is 24.7 Å². The van der Waals surface area contributed by atoms with Crippen LogP contribution in [0.1, 0.15) is 47.2 Å². The summed E-state index contributed by atoms with van der Waals surface area (Å²) >= 11 is 0. The first-order valence-electron chi connectivity index (χ1n) is 27.6. The number of fused-ring (bicyclic) bond motifs is 15. The molecule has 79 heavy (non-hydrogen) atoms. The summed E-state index contributed by atoms with van der Waals surface area (Å²) in [4.78, 5) is 4.95. The molecular formula is C76H53N3. The van der Waals surface area contributed by atoms with Crippen LogP contribution in [-0.2, 0) is 10.8 Å². The Morgan fingerprint density at radius 1 is 0.329 bits per heavy atom. The molecule has 1 spiro atoms. The van der Waals surface area contributed by atoms with Crippen molar-refractivity contribution in [3.8, 4) is 50.2 Å². The van der Waals surface area contributed by atoms with E-state index in [1.807, 2.05) is 0 Å². The molecule has 2 heterocycles. The van der Waals surface area contributed by atoms with Gasteiger partial charge in [0.25, 0.3) is 0 Å². The normalized spacial score (nSPS) is 13.9. The van der Waals surface area contributed by atoms with E-state index in [0.717, 1.165) is 28.4 Å². The molecule has 0 saturated carbocycles. The fourth-order valence-electron chi connectivity index (χ4n) is 14.3. The van der Waals surface area contributed by atoms with E-state index in [1.165, 1.54) is 111 Å². The zero-order valence-corrected chi connectivity index (χ0v) is 44.0. The zero-order chi connectivity index (χ0) is 52.4. The monoisotopic (exact) mass is 1010 g/mol. The highest BCUT2D eigenvalue weighted by atomic mass is 15.2. The smallest absolute Gasteiger partial charge is 0.0726 e. The third kappa shape index (κ3) is 6.48. The van der Waals surface area contributed by atoms with Crippen molar-refractivity contribution in [3.05, 3.63) is 318 Å². The lowest BCUT2D eigenvalue weighted by Crippen LogP contribution is -2.31. The van der Waals surface area contributed by atoms with Gasteiger partial charge in [0.2, 0.25) is 0 Å². The Hall–Kier alpha value is -9.96. The molecule has 0 bridgehead atoms. The minimum absolute atomic E-state index is 0.269. The predicted molar refractivity (Wildman–Crippen MR) is 329 cm³/mol. The summed E-state index contributed by atoms with van der Waals surface area (Å²) in [6.45, 7) is 4.78. The Bertz CT molecular complexity index is 4520. The van der Waals surface area contributed by atoms with E-state index in [2.05, 4.69) is 313 Å². The second-order valence-electron chi connectivity index (χ2n) is 21.9. The highest BCUT2D eigenvalue weighted by molar-refractivity contribution is 6.11. The Kier molecular flexibility index (Phi) is 9.90. The minimum Gasteiger partial charge on any atom is -0.310 e. The summed E-state index contributed by atoms with van der Waals surface area (Å²) in [5, 5.41) is 2.49. The van der Waals surface area contributed by atoms with Crippen molar-refractivity contribution in [2.75, 3.05) is 9.80 Å². The summed E-state index contributed by atoms with van der Waals surface area (Å²) < 4.78 is 2.38. The molecule has 0 fully saturated rings. The van der Waals surface area contributed by atoms with Gasteiger partial charge in [0.05, 0.1) is 33.5 Å². The van der Waals surface area contributed by atoms with Crippen molar-refractivity contribution in [2.24, 2.45) is 0 Å². The SMILES string of the molecule is CC1(C)c2ccccc2N(c2ccccc2)c2cccc(-c3ccc(N(c4ccc(-c5ccc6c(c5)c5ccccc5n6-c5ccccc5)cc4)c4cccc5c4-c4ccccc4C54c5ccccc5-c5ccccc54)cc3)c21. The average Bonchev–Trinajstić information content (AvgIpc) is 2.64. The lowest BCUT2D eigenvalue weighted by Gasteiger charge is -2.43. The molecular weight excluding hydrogens is 955 g/mol. The standard InChI is InChI=1S/C76H53N3/c1-75(2)66-33-16-18-36-70(66)79(54-23-7-4-8-24-54)72-38-19-29-57(74(72)75)51-41-46-56(47-42-51)77(55-44-39-50(40-45-55)52-43-48-69-62(49-52)60-27-12-17-35-68(60)78(69)53-21-5-3-6-22-53)71-37-20-34-67-73(71)61-28-11-15-32-65(61)76(67)63-30-13-9-25-58(63)59-26-10-14-31-64(59)76/h3-49H,1-2H3. The quantitative estimate of drug-likeness (QED) is 0.158. The lowest BCUT2D eigenvalue weighted by molar-refractivity contribution is 0.633. The number of hydrogen-bond acceptors (Lipinski definition) is 2. The number of para-hydroxylation sites is 4. The predicted octanol–water partition coefficient (Wildman–Crippen LogP) is 20.0. The molecule has 3 nitrogen and oxygen atoms in total. The van der Waals surface area contributed by atoms with Crippen LogP contribution in [0.4, 0.5) is 34.1 Å². The van der Waals surface area contributed by atoms with Gasteiger partial charge in [-0.05, 0) is 157 Å². The van der Waals surface area contributed by atoms with Crippen molar-refractivity contribution >= 4 is 55.9 Å². The molecule has 1 aromatic heterocycles. The zero-order valence-electron chi connectivity index (χ0n) is 44.0. The first-order chi connectivity index (χ1) is 39.0. The maximum atomic E-state index is 2.50. The first-order valence-corrected chi connectivity index (χ1v) is 27.6. The molecule has 0 radical (unpaired) electrons. The molecule has 372 valence electrons. The van der Waals surface area contributed by atoms with Crippen molar-refractivity contribution in [3.63, 3.8) is 0 Å². The third-order valence-electron chi connectivity index (χ3n) is 17.6. The van der Waals surface area contributed by atoms with Crippen LogP contribution in [0.5, 0.6) is 0 Å². The van der Waals surface area contributed by atoms with Gasteiger partial charge >= 0.3 is 0 Å². The van der Waals surface area contributed by atoms with Crippen LogP contribution in [0.25, 0.3) is 72.0 Å². The van der Waals surface area contributed by atoms with Gasteiger partial charge in [-0.25, -0.2) is 0 Å². The summed E-state index contributed by atoms with van der Waals surface area (Å²) in [5.41, 5.74) is 27.6. The van der Waals surface area contributed by atoms with E-state index in [-0.39, 0.29) is 5.41 Å². The van der Waals surface area contributed by atoms with Gasteiger partial charge in [-0.1, -0.05) is 214 Å². The molecule has 0 amide bonds. The Balaban J connectivity index is 0.872. The summed E-state index contributed by atoms with van der Waals surface area (Å²) in [6.07, 6.45) is 0. The Morgan fingerprint density at radius 2 is 0.823 bits per heavy atom. The second-order valence-corrected chi connectivity index (χ2v) is 21.9. The van der Waals surface area contributed by atoms with Gasteiger partial charge < -0.3 is 14.4 Å². The molecule has 1 aliphatic heterocycles. The number of hydrogen-bond donors (Lipinski definition) is 0. The molecule has 0 saturated heterocycles. The highest BCUT2D eigenvalue weighted by Gasteiger charge is 2.52. The first kappa shape index (κ1) is 45.3. The Morgan fingerprint density at radius 3 is 1.52 bits per heavy atom. The third-order valence-corrected chi connectivity index (χ3v) is 17.6. The molecule has 0 N–H and O–H groups in total. The van der Waals surface area contributed by atoms with Crippen LogP contribution in [-0.4, -0.2) is 4.57 Å². The fraction of sp³-hybridized carbons (Fsp3) is 0.0526. The number of aromatic nitrogens is 1. The van der Waals surface area contributed by atoms with Crippen LogP contribution in [0.15, 0.2) is 285 Å². The van der Waals surface area contributed by atoms with Crippen LogP contribution in [0.3, 0.4) is 0 Å². The average molecular weight is 1010 g/mol. The summed E-state index contributed by atoms with van der Waals surface area (Å²) in [6, 6.07) is 106. The molecule has 12 aromatic carbocycles. The van der Waals surface area contributed by atoms with Crippen LogP contribution in [0.2, 0.25) is 0 Å². The maximum absolute atomic E-state index is 2.50. The fourth-order valence-corrected chi connectivity index (χ4v) is 14.3. The summed E-state index contributed by atoms with van der Waals surface area (Å²) in [7, 11) is 0. The second kappa shape index (κ2) is 17.3. The number of nitrogens with zero attached hydrogens (tertiary/aromatic N) is 3. The number of benzene rings is 12. The largest absolute Gasteiger partial charge is 0.310 e. The topological polar surface area (TPSA) is 11.4 Å². The molecule has 3 aliphatic rings. The van der Waals surface area contributed by atoms with Gasteiger partial charge in [0.15, 0.2) is 0 Å². The summed E-state index contributed by atoms with van der Waals surface area (Å²) in [5.74, 6) is 0. The number of anilines is 6. The highest BCUT2D eigenvalue weighted by Crippen LogP contribution is 2.65. The van der Waals surface area contributed by atoms with Crippen LogP contribution >= 0.6 is 0 Å². The molecule has 2 aliphatic carbocycles. The van der Waals surface area contributed by atoms with E-state index in [9.17, 15) is 0 Å². The van der Waals surface area contributed by atoms with E-state index in [4.69, 9.17) is 0 Å². The number of rotatable bonds is 7. The maximum Gasteiger partial charge on any atom is 0.0726 e. The van der Waals surface area contributed by atoms with Gasteiger partial charge in [0, 0.05) is 44.5 Å². The van der Waals surface area contributed by atoms with E-state index >= 15 is 0 Å². The van der Waals surface area contributed by atoms with Gasteiger partial charge in [-0.2, -0.15) is 0 Å². The minimum atomic E-state index is -0.470. The molecule has 16 rings (SSSR count). The van der Waals surface area contributed by atoms with Gasteiger partial charge in [0.1, 0.15) is 0 Å². The Labute approximate surface area is 461 Å². The van der Waals surface area contributed by atoms with Crippen LogP contribution in [0, 0.1) is 0 Å². The molecule has 3 heteroatoms. The molecule has 13 aromatic rings. The van der Waals surface area contributed by atoms with Crippen molar-refractivity contribution < 1.29 is 0 Å². The van der Waals surface area contributed by atoms with Gasteiger partial charge in [-0.15, -0.1) is 0 Å². The van der Waals surface area contributed by atoms with E-state index < -0.39 is 5.41 Å². The molecule has 0 unspecified atom stereocenters. The van der Waals surface area contributed by atoms with Gasteiger partial charge in [-0.3, -0.25) is 0 Å². The lowest BCUT2D eigenvalue weighted by atomic mass is 9.70. The molecule has 0 atom stereocenters. The van der Waals surface area contributed by atoms with Crippen LogP contribution < -0.4 is 9.80 Å². The van der Waals surface area contributed by atoms with E-state index in [0.29, 0.717) is 0 Å². The van der Waals surface area contributed by atoms with E-state index in [1.54, 1.807) is 0 Å².